The van der Waals surface area contributed by atoms with Crippen molar-refractivity contribution in [1.29, 1.82) is 0 Å². The highest BCUT2D eigenvalue weighted by Crippen LogP contribution is 2.55. The summed E-state index contributed by atoms with van der Waals surface area (Å²) in [6, 6.07) is 54.8. The number of rotatable bonds is 72. The first-order chi connectivity index (χ1) is 69.8. The molecule has 0 bridgehead atoms. The molecule has 12 aromatic rings. The fourth-order valence-corrected chi connectivity index (χ4v) is 30.3. The van der Waals surface area contributed by atoms with E-state index in [-0.39, 0.29) is 11.8 Å². The third-order valence-corrected chi connectivity index (χ3v) is 39.1. The minimum atomic E-state index is 0.0319. The van der Waals surface area contributed by atoms with Gasteiger partial charge in [-0.2, -0.15) is 0 Å². The zero-order valence-corrected chi connectivity index (χ0v) is 95.4. The van der Waals surface area contributed by atoms with Crippen LogP contribution in [0.3, 0.4) is 0 Å². The molecule has 12 heteroatoms. The lowest BCUT2D eigenvalue weighted by Crippen LogP contribution is -2.34. The Hall–Kier alpha value is -6.90. The average molecular weight is 2030 g/mol. The lowest BCUT2D eigenvalue weighted by atomic mass is 9.93. The van der Waals surface area contributed by atoms with Crippen LogP contribution in [0.4, 0.5) is 0 Å². The molecule has 6 nitrogen and oxygen atoms in total. The number of benzene rings is 4. The fraction of sp³-hybridized carbons (Fsp3) is 0.585. The summed E-state index contributed by atoms with van der Waals surface area (Å²) in [5, 5.41) is 5.55. The van der Waals surface area contributed by atoms with E-state index in [1.54, 1.807) is 33.8 Å². The molecule has 0 N–H and O–H groups in total. The van der Waals surface area contributed by atoms with Gasteiger partial charge in [-0.05, 0) is 221 Å². The summed E-state index contributed by atoms with van der Waals surface area (Å²) in [6.45, 7) is 29.2. The summed E-state index contributed by atoms with van der Waals surface area (Å²) in [5.41, 5.74) is 17.1. The number of aromatic nitrogens is 2. The number of fused-ring (bicyclic) bond motifs is 7. The number of amides is 2. The monoisotopic (exact) mass is 2020 g/mol. The van der Waals surface area contributed by atoms with Gasteiger partial charge < -0.3 is 18.9 Å². The zero-order valence-electron chi connectivity index (χ0n) is 90.5. The molecule has 770 valence electrons. The average Bonchev–Trinajstić information content (AvgIpc) is 1.53. The van der Waals surface area contributed by atoms with Gasteiger partial charge in [0.05, 0.1) is 48.8 Å². The molecule has 2 amide bonds. The standard InChI is InChI=1S/C130H182N4O2S6/c1-13-23-33-43-47-53-63-97(61-51-37-27-17-5)93-131-125(119-85-83-116(139-119)115-80-72-96(12)137-115)123-124(130(131)136)126(132(129(123)135)94-98(62-52-38-28-18-6)64-54-48-44-34-24-14-2)120-86-84-118(140-120)117-82-81-114(138-117)99-73-77-108-109-79-75-101(90-113(109)134(111(108)88-99)105(67-57-41-31-21-9)68-58-42-32-22-10)122-92-103(66-56-40-30-20-8)128(142-122)127-102(65-55-39-29-19-7)91-121(141-127)100-74-78-107-106-76-71-95(11)87-110(106)133(112(107)89-100)104(69-59-49-45-35-25-15-3)70-60-50-46-36-26-16-4/h71-92,97-98,104-105H,13-70,93-94H2,1-12H3. The number of aryl methyl sites for hydroxylation is 4. The molecule has 2 atom stereocenters. The van der Waals surface area contributed by atoms with Crippen molar-refractivity contribution in [3.05, 3.63) is 176 Å². The molecule has 0 radical (unpaired) electrons. The van der Waals surface area contributed by atoms with E-state index in [0.29, 0.717) is 48.2 Å². The molecule has 0 fully saturated rings. The molecule has 2 aliphatic heterocycles. The highest BCUT2D eigenvalue weighted by molar-refractivity contribution is 7.26. The van der Waals surface area contributed by atoms with Crippen molar-refractivity contribution in [3.8, 4) is 60.6 Å². The number of thiophene rings is 6. The first kappa shape index (κ1) is 111. The maximum atomic E-state index is 16.6. The summed E-state index contributed by atoms with van der Waals surface area (Å²) in [6.07, 6.45) is 72.2. The number of hydrogen-bond acceptors (Lipinski definition) is 8. The van der Waals surface area contributed by atoms with Gasteiger partial charge in [0.1, 0.15) is 0 Å². The maximum Gasteiger partial charge on any atom is 0.261 e. The predicted octanol–water partition coefficient (Wildman–Crippen LogP) is 44.1. The smallest absolute Gasteiger partial charge is 0.261 e. The van der Waals surface area contributed by atoms with Crippen molar-refractivity contribution >= 4 is 135 Å². The molecule has 142 heavy (non-hydrogen) atoms. The highest BCUT2D eigenvalue weighted by atomic mass is 32.1. The lowest BCUT2D eigenvalue weighted by Gasteiger charge is -2.29. The second-order valence-corrected chi connectivity index (χ2v) is 50.0. The van der Waals surface area contributed by atoms with Crippen LogP contribution in [0.15, 0.2) is 145 Å². The van der Waals surface area contributed by atoms with Crippen LogP contribution in [0.1, 0.15) is 472 Å². The van der Waals surface area contributed by atoms with E-state index in [4.69, 9.17) is 0 Å². The van der Waals surface area contributed by atoms with Crippen LogP contribution >= 0.6 is 68.0 Å². The van der Waals surface area contributed by atoms with Gasteiger partial charge in [-0.3, -0.25) is 9.59 Å². The van der Waals surface area contributed by atoms with Crippen molar-refractivity contribution in [2.75, 3.05) is 13.1 Å². The number of carbonyl (C=O) groups excluding carboxylic acids is 2. The first-order valence-electron chi connectivity index (χ1n) is 58.7. The van der Waals surface area contributed by atoms with Crippen LogP contribution in [-0.4, -0.2) is 43.8 Å². The zero-order chi connectivity index (χ0) is 99.3. The highest BCUT2D eigenvalue weighted by Gasteiger charge is 2.50. The Morgan fingerprint density at radius 3 is 0.845 bits per heavy atom. The van der Waals surface area contributed by atoms with E-state index in [2.05, 4.69) is 258 Å². The van der Waals surface area contributed by atoms with E-state index in [9.17, 15) is 0 Å². The number of nitrogens with zero attached hydrogens (tertiary/aromatic N) is 4. The fourth-order valence-electron chi connectivity index (χ4n) is 23.5. The Kier molecular flexibility index (Phi) is 45.8. The van der Waals surface area contributed by atoms with Gasteiger partial charge in [0.2, 0.25) is 0 Å². The Morgan fingerprint density at radius 1 is 0.239 bits per heavy atom. The van der Waals surface area contributed by atoms with Crippen molar-refractivity contribution in [2.24, 2.45) is 11.8 Å². The van der Waals surface area contributed by atoms with Gasteiger partial charge in [-0.25, -0.2) is 0 Å². The molecule has 4 aromatic carbocycles. The van der Waals surface area contributed by atoms with Gasteiger partial charge in [0.15, 0.2) is 0 Å². The Labute approximate surface area is 885 Å². The van der Waals surface area contributed by atoms with Crippen LogP contribution < -0.4 is 0 Å². The summed E-state index contributed by atoms with van der Waals surface area (Å²) in [7, 11) is 0. The Balaban J connectivity index is 0.854. The SMILES string of the molecule is CCCCCCCCC(CCCCCC)CN1C(=O)C2=C(c3ccc(-c4ccc(-c5ccc6c7ccc(-c8cc(CCCCCC)c(-c9sc(-c%10ccc%11c%12ccc(C)cc%12n(C(CCCCCCCC)CCCCCCCC)c%11c%10)cc9CCCCCC)s8)cc7n(C(CCCCCC)CCCCCC)c6c5)s4)s3)N(CC(CCCCCC)CCCCCCCC)C(=O)C2=C1c1ccc(-c2ccc(C)s2)s1. The number of unbranched alkanes of at least 4 members (excludes halogenated alkanes) is 38. The summed E-state index contributed by atoms with van der Waals surface area (Å²) in [4.78, 5) is 52.9. The van der Waals surface area contributed by atoms with Gasteiger partial charge in [-0.1, -0.05) is 413 Å². The lowest BCUT2D eigenvalue weighted by molar-refractivity contribution is -0.124. The van der Waals surface area contributed by atoms with Crippen molar-refractivity contribution in [1.82, 2.24) is 18.9 Å². The number of hydrogen-bond donors (Lipinski definition) is 0. The van der Waals surface area contributed by atoms with E-state index >= 15 is 9.59 Å². The molecule has 14 rings (SSSR count). The third-order valence-electron chi connectivity index (χ3n) is 31.8. The van der Waals surface area contributed by atoms with Gasteiger partial charge in [-0.15, -0.1) is 68.0 Å². The summed E-state index contributed by atoms with van der Waals surface area (Å²) >= 11 is 11.5. The predicted molar refractivity (Wildman–Crippen MR) is 633 cm³/mol. The molecule has 0 saturated carbocycles. The molecule has 0 spiro atoms. The molecule has 2 unspecified atom stereocenters. The molecule has 10 heterocycles. The largest absolute Gasteiger partial charge is 0.337 e. The van der Waals surface area contributed by atoms with Crippen molar-refractivity contribution in [3.63, 3.8) is 0 Å². The normalized spacial score (nSPS) is 13.6. The molecule has 8 aromatic heterocycles. The van der Waals surface area contributed by atoms with Gasteiger partial charge in [0, 0.05) is 101 Å². The van der Waals surface area contributed by atoms with Gasteiger partial charge in [0.25, 0.3) is 11.8 Å². The summed E-state index contributed by atoms with van der Waals surface area (Å²) in [5.74, 6) is 0.744. The van der Waals surface area contributed by atoms with Crippen LogP contribution in [0.25, 0.3) is 116 Å². The van der Waals surface area contributed by atoms with Crippen molar-refractivity contribution in [2.45, 2.75) is 468 Å². The summed E-state index contributed by atoms with van der Waals surface area (Å²) < 4.78 is 5.75. The second kappa shape index (κ2) is 58.7. The van der Waals surface area contributed by atoms with Crippen LogP contribution in [0.2, 0.25) is 0 Å². The molecule has 0 aliphatic carbocycles. The van der Waals surface area contributed by atoms with Crippen LogP contribution in [-0.2, 0) is 22.4 Å². The molecule has 0 saturated heterocycles. The molecule has 2 aliphatic rings. The van der Waals surface area contributed by atoms with Crippen molar-refractivity contribution < 1.29 is 9.59 Å². The van der Waals surface area contributed by atoms with E-state index < -0.39 is 0 Å². The van der Waals surface area contributed by atoms with Crippen LogP contribution in [0.5, 0.6) is 0 Å². The minimum Gasteiger partial charge on any atom is -0.337 e. The van der Waals surface area contributed by atoms with Crippen LogP contribution in [0, 0.1) is 25.7 Å². The van der Waals surface area contributed by atoms with E-state index in [1.807, 2.05) is 22.7 Å². The second-order valence-electron chi connectivity index (χ2n) is 43.4. The molecular weight excluding hydrogens is 1840 g/mol. The van der Waals surface area contributed by atoms with E-state index in [1.165, 1.54) is 449 Å². The molecular formula is C130H182N4O2S6. The quantitative estimate of drug-likeness (QED) is 0.0357. The number of carbonyl (C=O) groups is 2. The van der Waals surface area contributed by atoms with E-state index in [0.717, 1.165) is 59.7 Å². The Morgan fingerprint density at radius 2 is 0.507 bits per heavy atom. The third kappa shape index (κ3) is 29.4. The Bertz CT molecular complexity index is 5880. The first-order valence-corrected chi connectivity index (χ1v) is 63.6. The minimum absolute atomic E-state index is 0.0319. The topological polar surface area (TPSA) is 50.5 Å². The van der Waals surface area contributed by atoms with Gasteiger partial charge >= 0.3 is 0 Å². The maximum absolute atomic E-state index is 16.6.